The van der Waals surface area contributed by atoms with Crippen molar-refractivity contribution in [3.05, 3.63) is 10.6 Å². The van der Waals surface area contributed by atoms with Crippen molar-refractivity contribution in [3.8, 4) is 0 Å². The van der Waals surface area contributed by atoms with Crippen LogP contribution in [-0.4, -0.2) is 29.3 Å². The third-order valence-corrected chi connectivity index (χ3v) is 4.23. The molecular weight excluding hydrogens is 220 g/mol. The first-order valence-electron chi connectivity index (χ1n) is 6.06. The molecule has 1 aromatic heterocycles. The molecule has 0 unspecified atom stereocenters. The van der Waals surface area contributed by atoms with Gasteiger partial charge in [0.25, 0.3) is 0 Å². The first-order chi connectivity index (χ1) is 7.66. The van der Waals surface area contributed by atoms with Crippen LogP contribution in [0.5, 0.6) is 0 Å². The molecule has 0 radical (unpaired) electrons. The Hall–Kier alpha value is -0.610. The molecule has 3 nitrogen and oxygen atoms in total. The third-order valence-electron chi connectivity index (χ3n) is 2.99. The lowest BCUT2D eigenvalue weighted by atomic mass is 10.1. The van der Waals surface area contributed by atoms with E-state index < -0.39 is 0 Å². The SMILES string of the molecule is Cc1nc(N2CCCCC2)sc1C[C@@H](C)O. The van der Waals surface area contributed by atoms with Gasteiger partial charge in [-0.3, -0.25) is 0 Å². The predicted molar refractivity (Wildman–Crippen MR) is 68.3 cm³/mol. The Labute approximate surface area is 101 Å². The molecule has 0 amide bonds. The Balaban J connectivity index is 2.09. The zero-order valence-corrected chi connectivity index (χ0v) is 10.9. The van der Waals surface area contributed by atoms with E-state index in [9.17, 15) is 5.11 Å². The highest BCUT2D eigenvalue weighted by Gasteiger charge is 2.17. The molecule has 1 atom stereocenters. The molecule has 0 bridgehead atoms. The van der Waals surface area contributed by atoms with Gasteiger partial charge in [-0.25, -0.2) is 4.98 Å². The monoisotopic (exact) mass is 240 g/mol. The van der Waals surface area contributed by atoms with Gasteiger partial charge in [0, 0.05) is 24.4 Å². The summed E-state index contributed by atoms with van der Waals surface area (Å²) in [5.41, 5.74) is 1.09. The van der Waals surface area contributed by atoms with Crippen molar-refractivity contribution < 1.29 is 5.11 Å². The quantitative estimate of drug-likeness (QED) is 0.881. The van der Waals surface area contributed by atoms with Crippen molar-refractivity contribution in [2.24, 2.45) is 0 Å². The van der Waals surface area contributed by atoms with Crippen LogP contribution < -0.4 is 4.90 Å². The van der Waals surface area contributed by atoms with Crippen LogP contribution >= 0.6 is 11.3 Å². The fourth-order valence-electron chi connectivity index (χ4n) is 2.09. The van der Waals surface area contributed by atoms with Gasteiger partial charge in [-0.2, -0.15) is 0 Å². The molecule has 1 saturated heterocycles. The molecule has 0 aromatic carbocycles. The van der Waals surface area contributed by atoms with Crippen LogP contribution in [-0.2, 0) is 6.42 Å². The average Bonchev–Trinajstić information content (AvgIpc) is 2.61. The lowest BCUT2D eigenvalue weighted by molar-refractivity contribution is 0.196. The van der Waals surface area contributed by atoms with Gasteiger partial charge in [0.15, 0.2) is 5.13 Å². The van der Waals surface area contributed by atoms with Gasteiger partial charge in [-0.05, 0) is 33.1 Å². The molecule has 1 aliphatic rings. The number of aliphatic hydroxyl groups is 1. The fraction of sp³-hybridized carbons (Fsp3) is 0.750. The Kier molecular flexibility index (Phi) is 3.82. The Morgan fingerprint density at radius 1 is 1.38 bits per heavy atom. The van der Waals surface area contributed by atoms with E-state index in [4.69, 9.17) is 0 Å². The first-order valence-corrected chi connectivity index (χ1v) is 6.88. The molecule has 1 fully saturated rings. The number of aryl methyl sites for hydroxylation is 1. The minimum atomic E-state index is -0.270. The van der Waals surface area contributed by atoms with Crippen LogP contribution in [0.3, 0.4) is 0 Å². The van der Waals surface area contributed by atoms with Crippen LogP contribution in [0.4, 0.5) is 5.13 Å². The highest BCUT2D eigenvalue weighted by Crippen LogP contribution is 2.28. The van der Waals surface area contributed by atoms with E-state index in [-0.39, 0.29) is 6.10 Å². The maximum Gasteiger partial charge on any atom is 0.185 e. The van der Waals surface area contributed by atoms with E-state index in [1.807, 2.05) is 13.8 Å². The second kappa shape index (κ2) is 5.15. The Morgan fingerprint density at radius 2 is 2.06 bits per heavy atom. The van der Waals surface area contributed by atoms with E-state index in [2.05, 4.69) is 9.88 Å². The number of rotatable bonds is 3. The molecule has 0 saturated carbocycles. The average molecular weight is 240 g/mol. The normalized spacial score (nSPS) is 18.8. The maximum absolute atomic E-state index is 9.42. The number of aromatic nitrogens is 1. The largest absolute Gasteiger partial charge is 0.393 e. The summed E-state index contributed by atoms with van der Waals surface area (Å²) in [6.45, 7) is 6.16. The van der Waals surface area contributed by atoms with Crippen LogP contribution in [0.1, 0.15) is 36.8 Å². The van der Waals surface area contributed by atoms with Gasteiger partial charge in [-0.1, -0.05) is 0 Å². The summed E-state index contributed by atoms with van der Waals surface area (Å²) >= 11 is 1.75. The number of piperidine rings is 1. The molecule has 1 N–H and O–H groups in total. The Morgan fingerprint density at radius 3 is 2.69 bits per heavy atom. The van der Waals surface area contributed by atoms with Gasteiger partial charge in [0.2, 0.25) is 0 Å². The number of anilines is 1. The summed E-state index contributed by atoms with van der Waals surface area (Å²) in [5.74, 6) is 0. The van der Waals surface area contributed by atoms with E-state index in [1.165, 1.54) is 24.1 Å². The van der Waals surface area contributed by atoms with Crippen molar-refractivity contribution in [2.45, 2.75) is 45.6 Å². The molecule has 2 heterocycles. The summed E-state index contributed by atoms with van der Waals surface area (Å²) in [6.07, 6.45) is 4.38. The minimum absolute atomic E-state index is 0.270. The molecule has 0 spiro atoms. The van der Waals surface area contributed by atoms with Crippen molar-refractivity contribution >= 4 is 16.5 Å². The molecule has 90 valence electrons. The number of hydrogen-bond donors (Lipinski definition) is 1. The first kappa shape index (κ1) is 11.9. The second-order valence-corrected chi connectivity index (χ2v) is 5.67. The van der Waals surface area contributed by atoms with E-state index in [0.29, 0.717) is 0 Å². The topological polar surface area (TPSA) is 36.4 Å². The van der Waals surface area contributed by atoms with Gasteiger partial charge < -0.3 is 10.0 Å². The molecule has 2 rings (SSSR count). The Bertz CT molecular complexity index is 343. The summed E-state index contributed by atoms with van der Waals surface area (Å²) in [7, 11) is 0. The maximum atomic E-state index is 9.42. The molecule has 1 aliphatic heterocycles. The zero-order chi connectivity index (χ0) is 11.5. The van der Waals surface area contributed by atoms with E-state index in [1.54, 1.807) is 11.3 Å². The highest BCUT2D eigenvalue weighted by molar-refractivity contribution is 7.15. The smallest absolute Gasteiger partial charge is 0.185 e. The highest BCUT2D eigenvalue weighted by atomic mass is 32.1. The van der Waals surface area contributed by atoms with E-state index in [0.717, 1.165) is 30.3 Å². The van der Waals surface area contributed by atoms with Crippen molar-refractivity contribution in [3.63, 3.8) is 0 Å². The minimum Gasteiger partial charge on any atom is -0.393 e. The summed E-state index contributed by atoms with van der Waals surface area (Å²) in [6, 6.07) is 0. The van der Waals surface area contributed by atoms with Gasteiger partial charge in [0.1, 0.15) is 0 Å². The molecular formula is C12H20N2OS. The molecule has 16 heavy (non-hydrogen) atoms. The fourth-order valence-corrected chi connectivity index (χ4v) is 3.32. The molecule has 0 aliphatic carbocycles. The van der Waals surface area contributed by atoms with Crippen LogP contribution in [0.25, 0.3) is 0 Å². The van der Waals surface area contributed by atoms with Crippen LogP contribution in [0.15, 0.2) is 0 Å². The zero-order valence-electron chi connectivity index (χ0n) is 10.1. The number of hydrogen-bond acceptors (Lipinski definition) is 4. The summed E-state index contributed by atoms with van der Waals surface area (Å²) in [5, 5.41) is 10.6. The predicted octanol–water partition coefficient (Wildman–Crippen LogP) is 2.37. The van der Waals surface area contributed by atoms with Gasteiger partial charge >= 0.3 is 0 Å². The lowest BCUT2D eigenvalue weighted by Gasteiger charge is -2.25. The van der Waals surface area contributed by atoms with Gasteiger partial charge in [0.05, 0.1) is 11.8 Å². The van der Waals surface area contributed by atoms with Crippen molar-refractivity contribution in [2.75, 3.05) is 18.0 Å². The summed E-state index contributed by atoms with van der Waals surface area (Å²) in [4.78, 5) is 8.23. The third kappa shape index (κ3) is 2.74. The van der Waals surface area contributed by atoms with Crippen molar-refractivity contribution in [1.29, 1.82) is 0 Å². The van der Waals surface area contributed by atoms with Gasteiger partial charge in [-0.15, -0.1) is 11.3 Å². The van der Waals surface area contributed by atoms with Crippen LogP contribution in [0, 0.1) is 6.92 Å². The number of nitrogens with zero attached hydrogens (tertiary/aromatic N) is 2. The van der Waals surface area contributed by atoms with E-state index >= 15 is 0 Å². The standard InChI is InChI=1S/C12H20N2OS/c1-9(15)8-11-10(2)13-12(16-11)14-6-4-3-5-7-14/h9,15H,3-8H2,1-2H3/t9-/m1/s1. The molecule has 1 aromatic rings. The summed E-state index contributed by atoms with van der Waals surface area (Å²) < 4.78 is 0. The number of thiazole rings is 1. The van der Waals surface area contributed by atoms with Crippen LogP contribution in [0.2, 0.25) is 0 Å². The number of aliphatic hydroxyl groups excluding tert-OH is 1. The lowest BCUT2D eigenvalue weighted by Crippen LogP contribution is -2.29. The molecule has 4 heteroatoms. The van der Waals surface area contributed by atoms with Crippen molar-refractivity contribution in [1.82, 2.24) is 4.98 Å². The second-order valence-electron chi connectivity index (χ2n) is 4.61.